The van der Waals surface area contributed by atoms with Crippen LogP contribution in [0.5, 0.6) is 0 Å². The zero-order chi connectivity index (χ0) is 15.7. The predicted octanol–water partition coefficient (Wildman–Crippen LogP) is 1.61. The number of nitrogens with zero attached hydrogens (tertiary/aromatic N) is 2. The molecule has 0 spiro atoms. The van der Waals surface area contributed by atoms with Gasteiger partial charge in [0, 0.05) is 11.1 Å². The smallest absolute Gasteiger partial charge is 0.358 e. The van der Waals surface area contributed by atoms with Gasteiger partial charge in [-0.2, -0.15) is 5.10 Å². The van der Waals surface area contributed by atoms with E-state index in [9.17, 15) is 13.2 Å². The van der Waals surface area contributed by atoms with Crippen molar-refractivity contribution in [2.75, 3.05) is 11.8 Å². The number of thiazole rings is 1. The minimum Gasteiger partial charge on any atom is -0.464 e. The fourth-order valence-electron chi connectivity index (χ4n) is 1.87. The van der Waals surface area contributed by atoms with Crippen molar-refractivity contribution in [1.82, 2.24) is 15.2 Å². The topological polar surface area (TPSA) is 114 Å². The van der Waals surface area contributed by atoms with Gasteiger partial charge < -0.3 is 4.74 Å². The average Bonchev–Trinajstić information content (AvgIpc) is 3.14. The maximum absolute atomic E-state index is 12.4. The van der Waals surface area contributed by atoms with Crippen LogP contribution in [0.25, 0.3) is 10.9 Å². The molecule has 0 unspecified atom stereocenters. The van der Waals surface area contributed by atoms with Gasteiger partial charge in [-0.3, -0.25) is 9.82 Å². The molecule has 2 N–H and O–H groups in total. The lowest BCUT2D eigenvalue weighted by Crippen LogP contribution is -2.16. The molecule has 0 radical (unpaired) electrons. The van der Waals surface area contributed by atoms with Gasteiger partial charge in [0.15, 0.2) is 9.90 Å². The second-order valence-corrected chi connectivity index (χ2v) is 6.99. The number of hydrogen-bond acceptors (Lipinski definition) is 7. The number of hydrogen-bond donors (Lipinski definition) is 2. The summed E-state index contributed by atoms with van der Waals surface area (Å²) in [6, 6.07) is 4.93. The van der Waals surface area contributed by atoms with Crippen molar-refractivity contribution in [2.45, 2.75) is 4.21 Å². The summed E-state index contributed by atoms with van der Waals surface area (Å²) in [4.78, 5) is 15.3. The summed E-state index contributed by atoms with van der Waals surface area (Å²) in [5.74, 6) is -0.799. The number of aromatic nitrogens is 3. The van der Waals surface area contributed by atoms with Gasteiger partial charge >= 0.3 is 5.97 Å². The SMILES string of the molecule is COC(=O)c1ncsc1S(=O)(=O)Nc1ccc2[nH]ncc2c1. The van der Waals surface area contributed by atoms with Gasteiger partial charge in [0.25, 0.3) is 10.0 Å². The van der Waals surface area contributed by atoms with Crippen LogP contribution >= 0.6 is 11.3 Å². The zero-order valence-electron chi connectivity index (χ0n) is 11.2. The number of methoxy groups -OCH3 is 1. The number of rotatable bonds is 4. The number of aromatic amines is 1. The summed E-state index contributed by atoms with van der Waals surface area (Å²) in [6.45, 7) is 0. The zero-order valence-corrected chi connectivity index (χ0v) is 12.9. The summed E-state index contributed by atoms with van der Waals surface area (Å²) in [6.07, 6.45) is 1.58. The fraction of sp³-hybridized carbons (Fsp3) is 0.0833. The third-order valence-electron chi connectivity index (χ3n) is 2.85. The maximum atomic E-state index is 12.4. The molecule has 0 saturated heterocycles. The second kappa shape index (κ2) is 5.39. The van der Waals surface area contributed by atoms with Crippen molar-refractivity contribution in [2.24, 2.45) is 0 Å². The van der Waals surface area contributed by atoms with Crippen LogP contribution in [0.4, 0.5) is 5.69 Å². The summed E-state index contributed by atoms with van der Waals surface area (Å²) in [7, 11) is -2.77. The summed E-state index contributed by atoms with van der Waals surface area (Å²) in [5, 5.41) is 7.40. The highest BCUT2D eigenvalue weighted by molar-refractivity contribution is 7.94. The van der Waals surface area contributed by atoms with Crippen LogP contribution in [-0.4, -0.2) is 36.7 Å². The van der Waals surface area contributed by atoms with Crippen molar-refractivity contribution < 1.29 is 17.9 Å². The van der Waals surface area contributed by atoms with E-state index in [0.717, 1.165) is 22.2 Å². The molecule has 114 valence electrons. The van der Waals surface area contributed by atoms with Crippen LogP contribution in [0.15, 0.2) is 34.1 Å². The van der Waals surface area contributed by atoms with Gasteiger partial charge in [-0.15, -0.1) is 11.3 Å². The molecule has 0 aliphatic rings. The minimum absolute atomic E-state index is 0.188. The van der Waals surface area contributed by atoms with Crippen molar-refractivity contribution in [3.63, 3.8) is 0 Å². The first-order valence-corrected chi connectivity index (χ1v) is 8.35. The third kappa shape index (κ3) is 2.53. The molecule has 2 aromatic heterocycles. The van der Waals surface area contributed by atoms with Crippen LogP contribution in [0, 0.1) is 0 Å². The van der Waals surface area contributed by atoms with Gasteiger partial charge in [-0.05, 0) is 18.2 Å². The number of carbonyl (C=O) groups is 1. The van der Waals surface area contributed by atoms with Crippen molar-refractivity contribution in [3.05, 3.63) is 35.6 Å². The first-order chi connectivity index (χ1) is 10.5. The summed E-state index contributed by atoms with van der Waals surface area (Å²) in [5.41, 5.74) is 2.19. The Morgan fingerprint density at radius 2 is 2.23 bits per heavy atom. The maximum Gasteiger partial charge on any atom is 0.358 e. The van der Waals surface area contributed by atoms with Crippen LogP contribution in [0.2, 0.25) is 0 Å². The van der Waals surface area contributed by atoms with E-state index < -0.39 is 16.0 Å². The number of fused-ring (bicyclic) bond motifs is 1. The number of carbonyl (C=O) groups excluding carboxylic acids is 1. The Bertz CT molecular complexity index is 945. The van der Waals surface area contributed by atoms with E-state index >= 15 is 0 Å². The second-order valence-electron chi connectivity index (χ2n) is 4.26. The number of benzene rings is 1. The monoisotopic (exact) mass is 338 g/mol. The Morgan fingerprint density at radius 3 is 3.00 bits per heavy atom. The van der Waals surface area contributed by atoms with E-state index in [4.69, 9.17) is 0 Å². The molecule has 10 heteroatoms. The molecule has 3 rings (SSSR count). The molecular formula is C12H10N4O4S2. The Labute approximate surface area is 129 Å². The molecule has 0 saturated carbocycles. The lowest BCUT2D eigenvalue weighted by atomic mass is 10.2. The molecule has 3 aromatic rings. The highest BCUT2D eigenvalue weighted by Gasteiger charge is 2.26. The molecule has 1 aromatic carbocycles. The van der Waals surface area contributed by atoms with Gasteiger partial charge in [-0.1, -0.05) is 0 Å². The van der Waals surface area contributed by atoms with Crippen molar-refractivity contribution in [1.29, 1.82) is 0 Å². The fourth-order valence-corrected chi connectivity index (χ4v) is 4.05. The average molecular weight is 338 g/mol. The van der Waals surface area contributed by atoms with Crippen LogP contribution in [0.1, 0.15) is 10.5 Å². The van der Waals surface area contributed by atoms with Gasteiger partial charge in [0.05, 0.1) is 24.3 Å². The third-order valence-corrected chi connectivity index (χ3v) is 5.60. The number of nitrogens with one attached hydrogen (secondary N) is 2. The Kier molecular flexibility index (Phi) is 3.54. The minimum atomic E-state index is -3.93. The number of sulfonamides is 1. The largest absolute Gasteiger partial charge is 0.464 e. The van der Waals surface area contributed by atoms with Crippen LogP contribution < -0.4 is 4.72 Å². The van der Waals surface area contributed by atoms with Crippen LogP contribution in [0.3, 0.4) is 0 Å². The lowest BCUT2D eigenvalue weighted by Gasteiger charge is -2.07. The number of anilines is 1. The van der Waals surface area contributed by atoms with E-state index in [1.54, 1.807) is 24.4 Å². The highest BCUT2D eigenvalue weighted by atomic mass is 32.2. The molecule has 0 atom stereocenters. The molecule has 22 heavy (non-hydrogen) atoms. The number of ether oxygens (including phenoxy) is 1. The normalized spacial score (nSPS) is 11.5. The van der Waals surface area contributed by atoms with E-state index in [1.165, 1.54) is 12.6 Å². The number of esters is 1. The predicted molar refractivity (Wildman–Crippen MR) is 80.4 cm³/mol. The quantitative estimate of drug-likeness (QED) is 0.699. The molecule has 0 aliphatic heterocycles. The molecule has 0 fully saturated rings. The molecule has 2 heterocycles. The van der Waals surface area contributed by atoms with E-state index in [0.29, 0.717) is 5.69 Å². The number of H-pyrrole nitrogens is 1. The first kappa shape index (κ1) is 14.5. The molecular weight excluding hydrogens is 328 g/mol. The van der Waals surface area contributed by atoms with E-state index in [2.05, 4.69) is 24.6 Å². The summed E-state index contributed by atoms with van der Waals surface area (Å²) < 4.78 is 31.6. The molecule has 8 nitrogen and oxygen atoms in total. The Hall–Kier alpha value is -2.46. The van der Waals surface area contributed by atoms with Gasteiger partial charge in [0.2, 0.25) is 0 Å². The van der Waals surface area contributed by atoms with Crippen molar-refractivity contribution in [3.8, 4) is 0 Å². The standard InChI is InChI=1S/C12H10N4O4S2/c1-20-11(17)10-12(21-6-13-10)22(18,19)16-8-2-3-9-7(4-8)5-14-15-9/h2-6,16H,1H3,(H,14,15). The van der Waals surface area contributed by atoms with E-state index in [1.807, 2.05) is 0 Å². The lowest BCUT2D eigenvalue weighted by molar-refractivity contribution is 0.0590. The van der Waals surface area contributed by atoms with E-state index in [-0.39, 0.29) is 9.90 Å². The van der Waals surface area contributed by atoms with Gasteiger partial charge in [-0.25, -0.2) is 18.2 Å². The highest BCUT2D eigenvalue weighted by Crippen LogP contribution is 2.25. The van der Waals surface area contributed by atoms with Crippen LogP contribution in [-0.2, 0) is 14.8 Å². The molecule has 0 bridgehead atoms. The molecule has 0 amide bonds. The molecule has 0 aliphatic carbocycles. The Morgan fingerprint density at radius 1 is 1.41 bits per heavy atom. The Balaban J connectivity index is 1.96. The van der Waals surface area contributed by atoms with Gasteiger partial charge in [0.1, 0.15) is 0 Å². The first-order valence-electron chi connectivity index (χ1n) is 5.99. The summed E-state index contributed by atoms with van der Waals surface area (Å²) >= 11 is 0.844. The van der Waals surface area contributed by atoms with Crippen molar-refractivity contribution >= 4 is 43.9 Å².